The molecule has 0 aliphatic carbocycles. The van der Waals surface area contributed by atoms with E-state index in [1.165, 1.54) is 18.2 Å². The van der Waals surface area contributed by atoms with E-state index >= 15 is 0 Å². The van der Waals surface area contributed by atoms with Gasteiger partial charge in [-0.15, -0.1) is 0 Å². The van der Waals surface area contributed by atoms with Gasteiger partial charge in [-0.05, 0) is 35.9 Å². The second-order valence-corrected chi connectivity index (χ2v) is 4.15. The van der Waals surface area contributed by atoms with E-state index in [0.717, 1.165) is 5.69 Å². The van der Waals surface area contributed by atoms with Gasteiger partial charge in [0.25, 0.3) is 0 Å². The van der Waals surface area contributed by atoms with E-state index in [4.69, 9.17) is 5.73 Å². The lowest BCUT2D eigenvalue weighted by molar-refractivity contribution is 0.627. The van der Waals surface area contributed by atoms with Crippen molar-refractivity contribution < 1.29 is 8.78 Å². The van der Waals surface area contributed by atoms with Crippen LogP contribution in [-0.2, 0) is 6.54 Å². The minimum absolute atomic E-state index is 0.159. The van der Waals surface area contributed by atoms with Crippen LogP contribution >= 0.6 is 0 Å². The number of hydrogen-bond acceptors (Lipinski definition) is 2. The number of nitrogens with zero attached hydrogens (tertiary/aromatic N) is 1. The van der Waals surface area contributed by atoms with Crippen LogP contribution in [0.3, 0.4) is 0 Å². The largest absolute Gasteiger partial charge is 0.396 e. The molecule has 0 aliphatic rings. The molecule has 2 aromatic rings. The Morgan fingerprint density at radius 2 is 1.72 bits per heavy atom. The molecule has 0 radical (unpaired) electrons. The monoisotopic (exact) mass is 248 g/mol. The Labute approximate surface area is 105 Å². The molecule has 0 spiro atoms. The van der Waals surface area contributed by atoms with Gasteiger partial charge in [0.2, 0.25) is 0 Å². The summed E-state index contributed by atoms with van der Waals surface area (Å²) in [5, 5.41) is 0. The minimum Gasteiger partial charge on any atom is -0.396 e. The van der Waals surface area contributed by atoms with Gasteiger partial charge in [-0.25, -0.2) is 8.78 Å². The van der Waals surface area contributed by atoms with Crippen molar-refractivity contribution in [3.8, 4) is 0 Å². The van der Waals surface area contributed by atoms with Gasteiger partial charge in [-0.3, -0.25) is 0 Å². The minimum atomic E-state index is -0.417. The molecule has 0 saturated carbocycles. The van der Waals surface area contributed by atoms with E-state index in [-0.39, 0.29) is 11.5 Å². The first-order chi connectivity index (χ1) is 8.58. The maximum atomic E-state index is 13.3. The van der Waals surface area contributed by atoms with Gasteiger partial charge in [-0.1, -0.05) is 12.1 Å². The predicted molar refractivity (Wildman–Crippen MR) is 69.3 cm³/mol. The van der Waals surface area contributed by atoms with Crippen molar-refractivity contribution in [2.24, 2.45) is 0 Å². The van der Waals surface area contributed by atoms with Crippen LogP contribution in [0.15, 0.2) is 42.5 Å². The van der Waals surface area contributed by atoms with E-state index in [1.54, 1.807) is 24.3 Å². The first-order valence-corrected chi connectivity index (χ1v) is 5.57. The summed E-state index contributed by atoms with van der Waals surface area (Å²) >= 11 is 0. The van der Waals surface area contributed by atoms with Gasteiger partial charge in [0.05, 0.1) is 5.69 Å². The smallest absolute Gasteiger partial charge is 0.146 e. The number of para-hydroxylation sites is 1. The Balaban J connectivity index is 2.18. The lowest BCUT2D eigenvalue weighted by Gasteiger charge is -2.20. The molecule has 2 rings (SSSR count). The molecule has 0 aliphatic heterocycles. The van der Waals surface area contributed by atoms with Crippen molar-refractivity contribution in [3.63, 3.8) is 0 Å². The van der Waals surface area contributed by atoms with Crippen LogP contribution in [-0.4, -0.2) is 7.05 Å². The first-order valence-electron chi connectivity index (χ1n) is 5.57. The number of halogens is 2. The molecule has 0 unspecified atom stereocenters. The summed E-state index contributed by atoms with van der Waals surface area (Å²) in [6.45, 7) is 0.467. The lowest BCUT2D eigenvalue weighted by atomic mass is 10.1. The van der Waals surface area contributed by atoms with Gasteiger partial charge in [0.15, 0.2) is 0 Å². The number of nitrogen functional groups attached to an aromatic ring is 1. The maximum absolute atomic E-state index is 13.3. The normalized spacial score (nSPS) is 10.4. The van der Waals surface area contributed by atoms with E-state index < -0.39 is 5.82 Å². The van der Waals surface area contributed by atoms with Crippen molar-refractivity contribution >= 4 is 11.4 Å². The quantitative estimate of drug-likeness (QED) is 0.845. The highest BCUT2D eigenvalue weighted by atomic mass is 19.1. The number of benzene rings is 2. The van der Waals surface area contributed by atoms with Gasteiger partial charge in [0.1, 0.15) is 11.6 Å². The Morgan fingerprint density at radius 3 is 2.39 bits per heavy atom. The van der Waals surface area contributed by atoms with Crippen LogP contribution in [0.1, 0.15) is 5.56 Å². The predicted octanol–water partition coefficient (Wildman–Crippen LogP) is 3.18. The van der Waals surface area contributed by atoms with E-state index in [2.05, 4.69) is 0 Å². The van der Waals surface area contributed by atoms with Crippen molar-refractivity contribution in [3.05, 3.63) is 59.7 Å². The molecule has 4 heteroatoms. The average molecular weight is 248 g/mol. The van der Waals surface area contributed by atoms with Crippen molar-refractivity contribution in [2.45, 2.75) is 6.54 Å². The molecule has 0 saturated heterocycles. The number of rotatable bonds is 3. The molecule has 0 amide bonds. The fourth-order valence-corrected chi connectivity index (χ4v) is 1.76. The van der Waals surface area contributed by atoms with Crippen molar-refractivity contribution in [2.75, 3.05) is 17.7 Å². The summed E-state index contributed by atoms with van der Waals surface area (Å²) in [4.78, 5) is 1.88. The summed E-state index contributed by atoms with van der Waals surface area (Å²) in [6, 6.07) is 10.9. The van der Waals surface area contributed by atoms with E-state index in [0.29, 0.717) is 12.1 Å². The molecule has 0 fully saturated rings. The Morgan fingerprint density at radius 1 is 1.06 bits per heavy atom. The molecule has 0 atom stereocenters. The van der Waals surface area contributed by atoms with E-state index in [1.807, 2.05) is 11.9 Å². The molecule has 0 bridgehead atoms. The van der Waals surface area contributed by atoms with Crippen LogP contribution in [0.5, 0.6) is 0 Å². The van der Waals surface area contributed by atoms with Gasteiger partial charge >= 0.3 is 0 Å². The molecule has 0 aromatic heterocycles. The molecule has 18 heavy (non-hydrogen) atoms. The third-order valence-electron chi connectivity index (χ3n) is 2.82. The fourth-order valence-electron chi connectivity index (χ4n) is 1.76. The van der Waals surface area contributed by atoms with Gasteiger partial charge < -0.3 is 10.6 Å². The van der Waals surface area contributed by atoms with Crippen LogP contribution in [0.25, 0.3) is 0 Å². The summed E-state index contributed by atoms with van der Waals surface area (Å²) in [7, 11) is 1.84. The van der Waals surface area contributed by atoms with Crippen LogP contribution in [0.4, 0.5) is 20.2 Å². The first kappa shape index (κ1) is 12.4. The SMILES string of the molecule is CN(Cc1cccc(F)c1N)c1ccc(F)cc1. The molecule has 94 valence electrons. The number of nitrogens with two attached hydrogens (primary N) is 1. The maximum Gasteiger partial charge on any atom is 0.146 e. The zero-order valence-electron chi connectivity index (χ0n) is 10.0. The topological polar surface area (TPSA) is 29.3 Å². The standard InChI is InChI=1S/C14H14F2N2/c1-18(12-7-5-11(15)6-8-12)9-10-3-2-4-13(16)14(10)17/h2-8H,9,17H2,1H3. The number of anilines is 2. The van der Waals surface area contributed by atoms with Gasteiger partial charge in [-0.2, -0.15) is 0 Å². The molecular formula is C14H14F2N2. The van der Waals surface area contributed by atoms with E-state index in [9.17, 15) is 8.78 Å². The summed E-state index contributed by atoms with van der Waals surface area (Å²) in [5.74, 6) is -0.697. The lowest BCUT2D eigenvalue weighted by Crippen LogP contribution is -2.17. The second kappa shape index (κ2) is 5.04. The summed E-state index contributed by atoms with van der Waals surface area (Å²) in [6.07, 6.45) is 0. The third kappa shape index (κ3) is 2.59. The second-order valence-electron chi connectivity index (χ2n) is 4.15. The fraction of sp³-hybridized carbons (Fsp3) is 0.143. The number of hydrogen-bond donors (Lipinski definition) is 1. The molecule has 2 N–H and O–H groups in total. The zero-order valence-corrected chi connectivity index (χ0v) is 10.0. The highest BCUT2D eigenvalue weighted by Gasteiger charge is 2.08. The molecule has 2 aromatic carbocycles. The van der Waals surface area contributed by atoms with Gasteiger partial charge in [0, 0.05) is 19.3 Å². The zero-order chi connectivity index (χ0) is 13.1. The van der Waals surface area contributed by atoms with Crippen LogP contribution in [0, 0.1) is 11.6 Å². The highest BCUT2D eigenvalue weighted by Crippen LogP contribution is 2.21. The highest BCUT2D eigenvalue weighted by molar-refractivity contribution is 5.52. The Bertz CT molecular complexity index is 538. The Hall–Kier alpha value is -2.10. The summed E-state index contributed by atoms with van der Waals surface area (Å²) in [5.41, 5.74) is 7.39. The van der Waals surface area contributed by atoms with Crippen LogP contribution in [0.2, 0.25) is 0 Å². The van der Waals surface area contributed by atoms with Crippen molar-refractivity contribution in [1.29, 1.82) is 0 Å². The van der Waals surface area contributed by atoms with Crippen molar-refractivity contribution in [1.82, 2.24) is 0 Å². The third-order valence-corrected chi connectivity index (χ3v) is 2.82. The Kier molecular flexibility index (Phi) is 3.46. The van der Waals surface area contributed by atoms with Crippen LogP contribution < -0.4 is 10.6 Å². The molecule has 0 heterocycles. The molecular weight excluding hydrogens is 234 g/mol. The molecule has 2 nitrogen and oxygen atoms in total. The summed E-state index contributed by atoms with van der Waals surface area (Å²) < 4.78 is 26.1. The average Bonchev–Trinajstić information content (AvgIpc) is 2.36.